The van der Waals surface area contributed by atoms with Gasteiger partial charge in [0.1, 0.15) is 17.5 Å². The van der Waals surface area contributed by atoms with E-state index in [1.807, 2.05) is 12.1 Å². The molecule has 0 aromatic heterocycles. The topological polar surface area (TPSA) is 0 Å². The predicted molar refractivity (Wildman–Crippen MR) is 106 cm³/mol. The van der Waals surface area contributed by atoms with E-state index in [1.165, 1.54) is 6.07 Å². The van der Waals surface area contributed by atoms with Gasteiger partial charge in [-0.25, -0.2) is 13.2 Å². The van der Waals surface area contributed by atoms with E-state index < -0.39 is 29.2 Å². The maximum Gasteiger partial charge on any atom is 0.409 e. The molecule has 0 radical (unpaired) electrons. The first-order valence-electron chi connectivity index (χ1n) is 9.32. The van der Waals surface area contributed by atoms with E-state index in [9.17, 15) is 26.3 Å². The minimum Gasteiger partial charge on any atom is -0.206 e. The first-order valence-corrected chi connectivity index (χ1v) is 9.32. The highest BCUT2D eigenvalue weighted by Crippen LogP contribution is 2.32. The van der Waals surface area contributed by atoms with Gasteiger partial charge in [-0.1, -0.05) is 49.7 Å². The minimum atomic E-state index is -4.59. The standard InChI is InChI=1S/C24H18F6/c1-2-3-15-4-6-16(7-5-15)19-13-21(26)23(22(27)14-19)18-9-8-17(20(25)12-18)10-11-24(28,29)30/h4-14H,2-3H2,1H3/b11-10+. The molecule has 0 spiro atoms. The Kier molecular flexibility index (Phi) is 6.34. The van der Waals surface area contributed by atoms with Gasteiger partial charge in [-0.05, 0) is 52.9 Å². The summed E-state index contributed by atoms with van der Waals surface area (Å²) in [6, 6.07) is 12.7. The molecule has 0 fully saturated rings. The maximum absolute atomic E-state index is 14.7. The van der Waals surface area contributed by atoms with E-state index >= 15 is 0 Å². The van der Waals surface area contributed by atoms with Gasteiger partial charge in [-0.2, -0.15) is 13.2 Å². The van der Waals surface area contributed by atoms with Gasteiger partial charge in [-0.3, -0.25) is 0 Å². The van der Waals surface area contributed by atoms with Crippen molar-refractivity contribution in [2.45, 2.75) is 25.9 Å². The van der Waals surface area contributed by atoms with Gasteiger partial charge in [0, 0.05) is 11.6 Å². The summed E-state index contributed by atoms with van der Waals surface area (Å²) in [7, 11) is 0. The Morgan fingerprint density at radius 3 is 1.83 bits per heavy atom. The number of allylic oxidation sites excluding steroid dienone is 1. The molecule has 0 aliphatic carbocycles. The lowest BCUT2D eigenvalue weighted by Gasteiger charge is -2.10. The van der Waals surface area contributed by atoms with Crippen LogP contribution in [-0.2, 0) is 6.42 Å². The Labute approximate surface area is 170 Å². The van der Waals surface area contributed by atoms with Crippen molar-refractivity contribution in [1.29, 1.82) is 0 Å². The van der Waals surface area contributed by atoms with Crippen molar-refractivity contribution in [3.8, 4) is 22.3 Å². The smallest absolute Gasteiger partial charge is 0.206 e. The van der Waals surface area contributed by atoms with E-state index in [0.29, 0.717) is 17.2 Å². The Balaban J connectivity index is 1.94. The third-order valence-corrected chi connectivity index (χ3v) is 4.61. The van der Waals surface area contributed by atoms with Crippen molar-refractivity contribution in [2.24, 2.45) is 0 Å². The quantitative estimate of drug-likeness (QED) is 0.367. The van der Waals surface area contributed by atoms with Crippen LogP contribution in [0.5, 0.6) is 0 Å². The van der Waals surface area contributed by atoms with Gasteiger partial charge >= 0.3 is 6.18 Å². The zero-order chi connectivity index (χ0) is 21.9. The summed E-state index contributed by atoms with van der Waals surface area (Å²) < 4.78 is 80.3. The fourth-order valence-electron chi connectivity index (χ4n) is 3.17. The molecule has 0 bridgehead atoms. The molecule has 0 N–H and O–H groups in total. The molecule has 0 unspecified atom stereocenters. The molecule has 0 aliphatic rings. The largest absolute Gasteiger partial charge is 0.409 e. The van der Waals surface area contributed by atoms with E-state index in [0.717, 1.165) is 42.7 Å². The summed E-state index contributed by atoms with van der Waals surface area (Å²) in [6.45, 7) is 2.05. The van der Waals surface area contributed by atoms with E-state index in [1.54, 1.807) is 12.1 Å². The van der Waals surface area contributed by atoms with Crippen LogP contribution < -0.4 is 0 Å². The highest BCUT2D eigenvalue weighted by atomic mass is 19.4. The van der Waals surface area contributed by atoms with Crippen LogP contribution in [0.3, 0.4) is 0 Å². The summed E-state index contributed by atoms with van der Waals surface area (Å²) in [5.74, 6) is -2.79. The highest BCUT2D eigenvalue weighted by Gasteiger charge is 2.22. The van der Waals surface area contributed by atoms with E-state index in [2.05, 4.69) is 6.92 Å². The average molecular weight is 420 g/mol. The third-order valence-electron chi connectivity index (χ3n) is 4.61. The first-order chi connectivity index (χ1) is 14.2. The van der Waals surface area contributed by atoms with E-state index in [-0.39, 0.29) is 17.2 Å². The zero-order valence-electron chi connectivity index (χ0n) is 16.0. The molecular weight excluding hydrogens is 402 g/mol. The summed E-state index contributed by atoms with van der Waals surface area (Å²) >= 11 is 0. The monoisotopic (exact) mass is 420 g/mol. The SMILES string of the molecule is CCCc1ccc(-c2cc(F)c(-c3ccc(/C=C/C(F)(F)F)c(F)c3)c(F)c2)cc1. The molecule has 30 heavy (non-hydrogen) atoms. The zero-order valence-corrected chi connectivity index (χ0v) is 16.0. The molecule has 0 saturated carbocycles. The normalized spacial score (nSPS) is 12.0. The Hall–Kier alpha value is -3.02. The lowest BCUT2D eigenvalue weighted by molar-refractivity contribution is -0.0790. The van der Waals surface area contributed by atoms with Crippen LogP contribution >= 0.6 is 0 Å². The molecule has 6 heteroatoms. The van der Waals surface area contributed by atoms with Gasteiger partial charge in [0.05, 0.1) is 5.56 Å². The van der Waals surface area contributed by atoms with Gasteiger partial charge in [0.25, 0.3) is 0 Å². The fourth-order valence-corrected chi connectivity index (χ4v) is 3.17. The number of alkyl halides is 3. The van der Waals surface area contributed by atoms with Crippen molar-refractivity contribution < 1.29 is 26.3 Å². The summed E-state index contributed by atoms with van der Waals surface area (Å²) in [5.41, 5.74) is 1.22. The van der Waals surface area contributed by atoms with Crippen LogP contribution in [0, 0.1) is 17.5 Å². The number of halogens is 6. The van der Waals surface area contributed by atoms with Crippen LogP contribution in [0.1, 0.15) is 24.5 Å². The molecule has 156 valence electrons. The highest BCUT2D eigenvalue weighted by molar-refractivity contribution is 5.72. The first kappa shape index (κ1) is 21.7. The number of hydrogen-bond donors (Lipinski definition) is 0. The number of aryl methyl sites for hydroxylation is 1. The third kappa shape index (κ3) is 5.12. The van der Waals surface area contributed by atoms with Crippen LogP contribution in [0.4, 0.5) is 26.3 Å². The molecule has 0 nitrogen and oxygen atoms in total. The van der Waals surface area contributed by atoms with Crippen molar-refractivity contribution in [3.05, 3.63) is 89.3 Å². The second-order valence-corrected chi connectivity index (χ2v) is 6.87. The number of rotatable bonds is 5. The lowest BCUT2D eigenvalue weighted by Crippen LogP contribution is -2.00. The molecule has 0 amide bonds. The Morgan fingerprint density at radius 1 is 0.733 bits per heavy atom. The number of hydrogen-bond acceptors (Lipinski definition) is 0. The predicted octanol–water partition coefficient (Wildman–Crippen LogP) is 7.97. The Bertz CT molecular complexity index is 1040. The average Bonchev–Trinajstić information content (AvgIpc) is 2.67. The minimum absolute atomic E-state index is 0.100. The summed E-state index contributed by atoms with van der Waals surface area (Å²) in [6.07, 6.45) is -2.24. The van der Waals surface area contributed by atoms with Crippen molar-refractivity contribution >= 4 is 6.08 Å². The second kappa shape index (κ2) is 8.78. The molecule has 3 aromatic rings. The lowest BCUT2D eigenvalue weighted by atomic mass is 9.97. The van der Waals surface area contributed by atoms with Gasteiger partial charge in [0.2, 0.25) is 0 Å². The number of benzene rings is 3. The van der Waals surface area contributed by atoms with Crippen LogP contribution in [0.2, 0.25) is 0 Å². The Morgan fingerprint density at radius 2 is 1.30 bits per heavy atom. The second-order valence-electron chi connectivity index (χ2n) is 6.87. The molecule has 0 saturated heterocycles. The van der Waals surface area contributed by atoms with E-state index in [4.69, 9.17) is 0 Å². The molecular formula is C24H18F6. The van der Waals surface area contributed by atoms with Gasteiger partial charge in [-0.15, -0.1) is 0 Å². The fraction of sp³-hybridized carbons (Fsp3) is 0.167. The molecule has 0 aliphatic heterocycles. The van der Waals surface area contributed by atoms with Crippen molar-refractivity contribution in [1.82, 2.24) is 0 Å². The van der Waals surface area contributed by atoms with Gasteiger partial charge < -0.3 is 0 Å². The molecule has 0 heterocycles. The maximum atomic E-state index is 14.7. The van der Waals surface area contributed by atoms with Crippen molar-refractivity contribution in [2.75, 3.05) is 0 Å². The molecule has 0 atom stereocenters. The summed E-state index contributed by atoms with van der Waals surface area (Å²) in [4.78, 5) is 0. The van der Waals surface area contributed by atoms with Crippen molar-refractivity contribution in [3.63, 3.8) is 0 Å². The summed E-state index contributed by atoms with van der Waals surface area (Å²) in [5, 5.41) is 0. The van der Waals surface area contributed by atoms with Crippen LogP contribution in [0.25, 0.3) is 28.3 Å². The van der Waals surface area contributed by atoms with Gasteiger partial charge in [0.15, 0.2) is 0 Å². The van der Waals surface area contributed by atoms with Crippen LogP contribution in [-0.4, -0.2) is 6.18 Å². The van der Waals surface area contributed by atoms with Crippen LogP contribution in [0.15, 0.2) is 60.7 Å². The molecule has 3 aromatic carbocycles. The molecule has 3 rings (SSSR count).